The van der Waals surface area contributed by atoms with Gasteiger partial charge in [0.05, 0.1) is 11.1 Å². The molecule has 0 aliphatic heterocycles. The minimum Gasteiger partial charge on any atom is -0.478 e. The number of Topliss-reactive ketones (excluding diaryl/α,β-unsaturated/α-hetero) is 1. The first-order valence-electron chi connectivity index (χ1n) is 15.9. The van der Waals surface area contributed by atoms with Crippen LogP contribution in [0.25, 0.3) is 43.1 Å². The third-order valence-electron chi connectivity index (χ3n) is 9.16. The van der Waals surface area contributed by atoms with Crippen LogP contribution in [0.3, 0.4) is 0 Å². The minimum absolute atomic E-state index is 0.00382. The van der Waals surface area contributed by atoms with Gasteiger partial charge >= 0.3 is 11.9 Å². The highest BCUT2D eigenvalue weighted by atomic mass is 16.4. The molecule has 0 saturated carbocycles. The number of aryl methyl sites for hydroxylation is 1. The van der Waals surface area contributed by atoms with Crippen LogP contribution in [0, 0.1) is 0 Å². The van der Waals surface area contributed by atoms with Crippen LogP contribution in [0.15, 0.2) is 109 Å². The summed E-state index contributed by atoms with van der Waals surface area (Å²) in [5.41, 5.74) is 2.81. The highest BCUT2D eigenvalue weighted by Gasteiger charge is 2.25. The van der Waals surface area contributed by atoms with Gasteiger partial charge in [0.25, 0.3) is 5.91 Å². The number of carbonyl (C=O) groups excluding carboxylic acids is 2. The summed E-state index contributed by atoms with van der Waals surface area (Å²) in [5.74, 6) is -2.83. The summed E-state index contributed by atoms with van der Waals surface area (Å²) in [7, 11) is 0. The van der Waals surface area contributed by atoms with Gasteiger partial charge in [0.15, 0.2) is 5.78 Å². The molecule has 0 heterocycles. The van der Waals surface area contributed by atoms with Crippen molar-refractivity contribution in [2.75, 3.05) is 6.54 Å². The Morgan fingerprint density at radius 3 is 1.42 bits per heavy atom. The van der Waals surface area contributed by atoms with Crippen molar-refractivity contribution >= 4 is 66.7 Å². The highest BCUT2D eigenvalue weighted by molar-refractivity contribution is 6.38. The van der Waals surface area contributed by atoms with Gasteiger partial charge in [0.1, 0.15) is 0 Å². The van der Waals surface area contributed by atoms with E-state index in [2.05, 4.69) is 5.32 Å². The van der Waals surface area contributed by atoms with Crippen LogP contribution in [0.4, 0.5) is 0 Å². The fourth-order valence-corrected chi connectivity index (χ4v) is 6.96. The summed E-state index contributed by atoms with van der Waals surface area (Å²) in [4.78, 5) is 52.4. The van der Waals surface area contributed by atoms with E-state index in [-0.39, 0.29) is 34.8 Å². The highest BCUT2D eigenvalue weighted by Crippen LogP contribution is 2.44. The normalized spacial score (nSPS) is 11.4. The molecule has 1 amide bonds. The number of rotatable bonds is 11. The van der Waals surface area contributed by atoms with Crippen LogP contribution >= 0.6 is 0 Å². The molecule has 0 atom stereocenters. The number of carbonyl (C=O) groups is 4. The van der Waals surface area contributed by atoms with E-state index in [1.807, 2.05) is 66.7 Å². The van der Waals surface area contributed by atoms with Gasteiger partial charge < -0.3 is 15.5 Å². The maximum atomic E-state index is 13.7. The lowest BCUT2D eigenvalue weighted by Crippen LogP contribution is -2.26. The molecular formula is C41H31NO6. The van der Waals surface area contributed by atoms with E-state index < -0.39 is 11.9 Å². The Morgan fingerprint density at radius 1 is 0.479 bits per heavy atom. The predicted octanol–water partition coefficient (Wildman–Crippen LogP) is 8.31. The van der Waals surface area contributed by atoms with E-state index in [9.17, 15) is 29.4 Å². The summed E-state index contributed by atoms with van der Waals surface area (Å²) in [6.45, 7) is 0.371. The molecule has 236 valence electrons. The third kappa shape index (κ3) is 5.39. The second-order valence-corrected chi connectivity index (χ2v) is 12.0. The number of benzene rings is 7. The molecule has 0 aliphatic rings. The molecule has 0 aliphatic carbocycles. The van der Waals surface area contributed by atoms with Crippen molar-refractivity contribution in [2.24, 2.45) is 0 Å². The molecule has 0 spiro atoms. The first kappa shape index (κ1) is 30.6. The average molecular weight is 634 g/mol. The Bertz CT molecular complexity index is 2190. The summed E-state index contributed by atoms with van der Waals surface area (Å²) in [6, 6.07) is 33.0. The Labute approximate surface area is 275 Å². The molecule has 0 bridgehead atoms. The van der Waals surface area contributed by atoms with Crippen molar-refractivity contribution in [3.05, 3.63) is 143 Å². The lowest BCUT2D eigenvalue weighted by Gasteiger charge is -2.19. The quantitative estimate of drug-likeness (QED) is 0.0749. The lowest BCUT2D eigenvalue weighted by molar-refractivity contribution is 0.0688. The number of hydrogen-bond acceptors (Lipinski definition) is 4. The van der Waals surface area contributed by atoms with E-state index in [1.165, 1.54) is 12.1 Å². The Balaban J connectivity index is 1.37. The second-order valence-electron chi connectivity index (χ2n) is 12.0. The standard InChI is InChI=1S/C41H31NO6/c43-34(13-7-12-24-8-3-1-4-9-24)30-18-14-26-27-15-19-31(39(44)42-23-22-25-10-5-2-6-11-25)38-33(41(47)48)21-17-29(36(27)38)28-16-20-32(40(45)46)37(30)35(26)28/h1-6,8-11,14-21H,7,12-13,22-23H2,(H,42,44)(H,45,46)(H,47,48). The van der Waals surface area contributed by atoms with E-state index in [1.54, 1.807) is 30.3 Å². The molecule has 7 heteroatoms. The lowest BCUT2D eigenvalue weighted by atomic mass is 9.83. The summed E-state index contributed by atoms with van der Waals surface area (Å²) >= 11 is 0. The third-order valence-corrected chi connectivity index (χ3v) is 9.16. The molecular weight excluding hydrogens is 602 g/mol. The van der Waals surface area contributed by atoms with Crippen LogP contribution in [0.5, 0.6) is 0 Å². The van der Waals surface area contributed by atoms with Gasteiger partial charge in [-0.05, 0) is 80.9 Å². The van der Waals surface area contributed by atoms with E-state index in [0.717, 1.165) is 17.5 Å². The molecule has 0 radical (unpaired) electrons. The molecule has 7 aromatic rings. The van der Waals surface area contributed by atoms with E-state index in [4.69, 9.17) is 0 Å². The van der Waals surface area contributed by atoms with Crippen molar-refractivity contribution in [1.82, 2.24) is 5.32 Å². The minimum atomic E-state index is -1.16. The van der Waals surface area contributed by atoms with Crippen molar-refractivity contribution in [1.29, 1.82) is 0 Å². The van der Waals surface area contributed by atoms with Gasteiger partial charge in [0, 0.05) is 34.9 Å². The molecule has 0 unspecified atom stereocenters. The molecule has 3 N–H and O–H groups in total. The van der Waals surface area contributed by atoms with Gasteiger partial charge in [-0.2, -0.15) is 0 Å². The number of aromatic carboxylic acids is 2. The molecule has 7 nitrogen and oxygen atoms in total. The molecule has 0 fully saturated rings. The van der Waals surface area contributed by atoms with Crippen LogP contribution in [-0.2, 0) is 12.8 Å². The molecule has 48 heavy (non-hydrogen) atoms. The maximum absolute atomic E-state index is 13.7. The topological polar surface area (TPSA) is 121 Å². The SMILES string of the molecule is O=C(O)c1ccc2c3ccc(C(=O)O)c4c(C(=O)NCCc5ccccc5)ccc(c5ccc(C(=O)CCCc6ccccc6)c1c25)c43. The van der Waals surface area contributed by atoms with Crippen molar-refractivity contribution < 1.29 is 29.4 Å². The number of fused-ring (bicyclic) bond motifs is 2. The monoisotopic (exact) mass is 633 g/mol. The van der Waals surface area contributed by atoms with Gasteiger partial charge in [-0.3, -0.25) is 9.59 Å². The molecule has 7 rings (SSSR count). The largest absolute Gasteiger partial charge is 0.478 e. The van der Waals surface area contributed by atoms with E-state index in [0.29, 0.717) is 68.0 Å². The van der Waals surface area contributed by atoms with Gasteiger partial charge in [-0.1, -0.05) is 91.0 Å². The van der Waals surface area contributed by atoms with E-state index >= 15 is 0 Å². The first-order valence-corrected chi connectivity index (χ1v) is 15.9. The summed E-state index contributed by atoms with van der Waals surface area (Å²) < 4.78 is 0. The van der Waals surface area contributed by atoms with Crippen molar-refractivity contribution in [3.8, 4) is 0 Å². The predicted molar refractivity (Wildman–Crippen MR) is 188 cm³/mol. The van der Waals surface area contributed by atoms with Gasteiger partial charge in [-0.25, -0.2) is 9.59 Å². The van der Waals surface area contributed by atoms with Crippen LogP contribution in [0.1, 0.15) is 65.4 Å². The Kier molecular flexibility index (Phi) is 8.03. The van der Waals surface area contributed by atoms with Crippen molar-refractivity contribution in [3.63, 3.8) is 0 Å². The number of carboxylic acid groups (broad SMARTS) is 2. The number of carboxylic acids is 2. The van der Waals surface area contributed by atoms with Gasteiger partial charge in [-0.15, -0.1) is 0 Å². The zero-order valence-corrected chi connectivity index (χ0v) is 26.0. The summed E-state index contributed by atoms with van der Waals surface area (Å²) in [6.07, 6.45) is 2.21. The molecule has 0 saturated heterocycles. The Hall–Kier alpha value is -6.08. The second kappa shape index (κ2) is 12.6. The van der Waals surface area contributed by atoms with Crippen LogP contribution in [0.2, 0.25) is 0 Å². The smallest absolute Gasteiger partial charge is 0.336 e. The number of nitrogens with one attached hydrogen (secondary N) is 1. The number of ketones is 1. The van der Waals surface area contributed by atoms with Crippen LogP contribution < -0.4 is 5.32 Å². The zero-order chi connectivity index (χ0) is 33.4. The molecule has 0 aromatic heterocycles. The van der Waals surface area contributed by atoms with Crippen LogP contribution in [-0.4, -0.2) is 40.4 Å². The number of amides is 1. The van der Waals surface area contributed by atoms with Gasteiger partial charge in [0.2, 0.25) is 0 Å². The Morgan fingerprint density at radius 2 is 0.917 bits per heavy atom. The maximum Gasteiger partial charge on any atom is 0.336 e. The fraction of sp³-hybridized carbons (Fsp3) is 0.122. The fourth-order valence-electron chi connectivity index (χ4n) is 6.96. The number of hydrogen-bond donors (Lipinski definition) is 3. The zero-order valence-electron chi connectivity index (χ0n) is 26.0. The molecule has 7 aromatic carbocycles. The first-order chi connectivity index (χ1) is 23.3. The van der Waals surface area contributed by atoms with Crippen molar-refractivity contribution in [2.45, 2.75) is 25.7 Å². The summed E-state index contributed by atoms with van der Waals surface area (Å²) in [5, 5.41) is 28.1. The average Bonchev–Trinajstić information content (AvgIpc) is 3.10.